The molecule has 0 bridgehead atoms. The van der Waals surface area contributed by atoms with Crippen LogP contribution in [-0.2, 0) is 9.53 Å². The molecule has 0 aromatic heterocycles. The Morgan fingerprint density at radius 1 is 1.20 bits per heavy atom. The van der Waals surface area contributed by atoms with Crippen LogP contribution in [0.1, 0.15) is 30.6 Å². The van der Waals surface area contributed by atoms with E-state index in [-0.39, 0.29) is 16.3 Å². The Morgan fingerprint density at radius 3 is 2.52 bits per heavy atom. The van der Waals surface area contributed by atoms with Gasteiger partial charge in [-0.05, 0) is 25.5 Å². The van der Waals surface area contributed by atoms with Crippen LogP contribution in [0.5, 0.6) is 11.5 Å². The Bertz CT molecular complexity index is 635. The second-order valence-electron chi connectivity index (χ2n) is 4.82. The summed E-state index contributed by atoms with van der Waals surface area (Å²) < 4.78 is 15.5. The van der Waals surface area contributed by atoms with Crippen molar-refractivity contribution in [3.05, 3.63) is 22.7 Å². The van der Waals surface area contributed by atoms with Gasteiger partial charge in [-0.15, -0.1) is 0 Å². The van der Waals surface area contributed by atoms with E-state index in [2.05, 4.69) is 5.32 Å². The fourth-order valence-corrected chi connectivity index (χ4v) is 2.03. The Labute approximate surface area is 150 Å². The number of esters is 1. The molecule has 0 aliphatic rings. The van der Waals surface area contributed by atoms with Gasteiger partial charge in [0, 0.05) is 6.54 Å². The lowest BCUT2D eigenvalue weighted by Gasteiger charge is -2.13. The number of nitrogens with one attached hydrogen (secondary N) is 2. The molecule has 0 aliphatic heterocycles. The van der Waals surface area contributed by atoms with Crippen LogP contribution in [0.2, 0.25) is 5.02 Å². The number of ether oxygens (including phenoxy) is 3. The van der Waals surface area contributed by atoms with E-state index in [4.69, 9.17) is 25.8 Å². The van der Waals surface area contributed by atoms with Gasteiger partial charge in [0.2, 0.25) is 0 Å². The van der Waals surface area contributed by atoms with Crippen LogP contribution in [-0.4, -0.2) is 44.8 Å². The quantitative estimate of drug-likeness (QED) is 0.678. The third-order valence-electron chi connectivity index (χ3n) is 2.84. The standard InChI is InChI=1S/C16H21ClN2O6/c1-4-6-24-14-11(17)7-10(8-12(14)23-3)15(21)25-9-13(20)19-16(22)18-5-2/h7-8H,4-6,9H2,1-3H3,(H2,18,19,20,22). The summed E-state index contributed by atoms with van der Waals surface area (Å²) in [5.74, 6) is -0.926. The molecule has 9 heteroatoms. The van der Waals surface area contributed by atoms with Gasteiger partial charge < -0.3 is 19.5 Å². The summed E-state index contributed by atoms with van der Waals surface area (Å²) in [4.78, 5) is 34.7. The summed E-state index contributed by atoms with van der Waals surface area (Å²) in [5, 5.41) is 4.59. The molecule has 138 valence electrons. The van der Waals surface area contributed by atoms with Crippen LogP contribution in [0.25, 0.3) is 0 Å². The fraction of sp³-hybridized carbons (Fsp3) is 0.438. The number of carbonyl (C=O) groups is 3. The van der Waals surface area contributed by atoms with Crippen molar-refractivity contribution in [2.45, 2.75) is 20.3 Å². The first kappa shape index (κ1) is 20.6. The molecule has 0 saturated heterocycles. The number of hydrogen-bond acceptors (Lipinski definition) is 6. The predicted molar refractivity (Wildman–Crippen MR) is 91.3 cm³/mol. The Kier molecular flexibility index (Phi) is 8.55. The molecule has 1 aromatic rings. The zero-order valence-corrected chi connectivity index (χ0v) is 15.1. The predicted octanol–water partition coefficient (Wildman–Crippen LogP) is 2.14. The maximum atomic E-state index is 12.0. The van der Waals surface area contributed by atoms with Crippen molar-refractivity contribution in [2.75, 3.05) is 26.9 Å². The number of urea groups is 1. The van der Waals surface area contributed by atoms with Gasteiger partial charge in [0.1, 0.15) is 0 Å². The van der Waals surface area contributed by atoms with Crippen molar-refractivity contribution in [1.29, 1.82) is 0 Å². The van der Waals surface area contributed by atoms with Crippen molar-refractivity contribution in [1.82, 2.24) is 10.6 Å². The van der Waals surface area contributed by atoms with Crippen LogP contribution >= 0.6 is 11.6 Å². The number of carbonyl (C=O) groups excluding carboxylic acids is 3. The summed E-state index contributed by atoms with van der Waals surface area (Å²) in [6, 6.07) is 2.10. The lowest BCUT2D eigenvalue weighted by molar-refractivity contribution is -0.123. The number of methoxy groups -OCH3 is 1. The molecule has 0 unspecified atom stereocenters. The minimum Gasteiger partial charge on any atom is -0.493 e. The number of amides is 3. The van der Waals surface area contributed by atoms with Gasteiger partial charge in [-0.3, -0.25) is 10.1 Å². The monoisotopic (exact) mass is 372 g/mol. The largest absolute Gasteiger partial charge is 0.493 e. The lowest BCUT2D eigenvalue weighted by atomic mass is 10.2. The van der Waals surface area contributed by atoms with Crippen LogP contribution in [0.3, 0.4) is 0 Å². The van der Waals surface area contributed by atoms with E-state index < -0.39 is 24.5 Å². The minimum absolute atomic E-state index is 0.0940. The molecule has 0 fully saturated rings. The molecule has 0 aliphatic carbocycles. The molecule has 25 heavy (non-hydrogen) atoms. The summed E-state index contributed by atoms with van der Waals surface area (Å²) in [6.07, 6.45) is 0.782. The first-order valence-electron chi connectivity index (χ1n) is 7.68. The molecule has 2 N–H and O–H groups in total. The Balaban J connectivity index is 2.73. The summed E-state index contributed by atoms with van der Waals surface area (Å²) in [5.41, 5.74) is 0.0940. The number of benzene rings is 1. The highest BCUT2D eigenvalue weighted by molar-refractivity contribution is 6.32. The molecular formula is C16H21ClN2O6. The SMILES string of the molecule is CCCOc1c(Cl)cc(C(=O)OCC(=O)NC(=O)NCC)cc1OC. The van der Waals surface area contributed by atoms with Gasteiger partial charge in [-0.1, -0.05) is 18.5 Å². The highest BCUT2D eigenvalue weighted by Crippen LogP contribution is 2.36. The van der Waals surface area contributed by atoms with Gasteiger partial charge in [0.25, 0.3) is 5.91 Å². The molecule has 0 radical (unpaired) electrons. The van der Waals surface area contributed by atoms with Crippen molar-refractivity contribution < 1.29 is 28.6 Å². The molecule has 8 nitrogen and oxygen atoms in total. The molecule has 0 spiro atoms. The van der Waals surface area contributed by atoms with Crippen LogP contribution < -0.4 is 20.1 Å². The number of imide groups is 1. The second-order valence-corrected chi connectivity index (χ2v) is 5.23. The number of halogens is 1. The Hall–Kier alpha value is -2.48. The summed E-state index contributed by atoms with van der Waals surface area (Å²) in [7, 11) is 1.42. The van der Waals surface area contributed by atoms with E-state index in [1.807, 2.05) is 12.2 Å². The highest BCUT2D eigenvalue weighted by atomic mass is 35.5. The number of rotatable bonds is 8. The average molecular weight is 373 g/mol. The van der Waals surface area contributed by atoms with E-state index in [1.165, 1.54) is 19.2 Å². The van der Waals surface area contributed by atoms with Crippen molar-refractivity contribution >= 4 is 29.5 Å². The molecule has 1 aromatic carbocycles. The van der Waals surface area contributed by atoms with E-state index in [0.29, 0.717) is 18.9 Å². The van der Waals surface area contributed by atoms with E-state index >= 15 is 0 Å². The summed E-state index contributed by atoms with van der Waals surface area (Å²) >= 11 is 6.11. The lowest BCUT2D eigenvalue weighted by Crippen LogP contribution is -2.41. The molecule has 3 amide bonds. The molecule has 1 rings (SSSR count). The molecule has 0 atom stereocenters. The van der Waals surface area contributed by atoms with Gasteiger partial charge >= 0.3 is 12.0 Å². The van der Waals surface area contributed by atoms with Crippen molar-refractivity contribution in [3.63, 3.8) is 0 Å². The van der Waals surface area contributed by atoms with Crippen molar-refractivity contribution in [3.8, 4) is 11.5 Å². The van der Waals surface area contributed by atoms with Crippen LogP contribution in [0.15, 0.2) is 12.1 Å². The van der Waals surface area contributed by atoms with Gasteiger partial charge in [0.15, 0.2) is 18.1 Å². The average Bonchev–Trinajstić information content (AvgIpc) is 2.58. The fourth-order valence-electron chi connectivity index (χ4n) is 1.76. The van der Waals surface area contributed by atoms with E-state index in [9.17, 15) is 14.4 Å². The summed E-state index contributed by atoms with van der Waals surface area (Å²) in [6.45, 7) is 3.85. The number of hydrogen-bond donors (Lipinski definition) is 2. The Morgan fingerprint density at radius 2 is 1.92 bits per heavy atom. The topological polar surface area (TPSA) is 103 Å². The third-order valence-corrected chi connectivity index (χ3v) is 3.12. The van der Waals surface area contributed by atoms with Gasteiger partial charge in [-0.25, -0.2) is 9.59 Å². The van der Waals surface area contributed by atoms with E-state index in [1.54, 1.807) is 6.92 Å². The van der Waals surface area contributed by atoms with Crippen LogP contribution in [0, 0.1) is 0 Å². The first-order valence-corrected chi connectivity index (χ1v) is 8.05. The molecule has 0 heterocycles. The van der Waals surface area contributed by atoms with Crippen LogP contribution in [0.4, 0.5) is 4.79 Å². The van der Waals surface area contributed by atoms with E-state index in [0.717, 1.165) is 6.42 Å². The maximum absolute atomic E-state index is 12.0. The molecular weight excluding hydrogens is 352 g/mol. The highest BCUT2D eigenvalue weighted by Gasteiger charge is 2.18. The maximum Gasteiger partial charge on any atom is 0.338 e. The smallest absolute Gasteiger partial charge is 0.338 e. The second kappa shape index (κ2) is 10.4. The third kappa shape index (κ3) is 6.50. The zero-order valence-electron chi connectivity index (χ0n) is 14.3. The minimum atomic E-state index is -0.784. The van der Waals surface area contributed by atoms with Gasteiger partial charge in [0.05, 0.1) is 24.3 Å². The molecule has 0 saturated carbocycles. The first-order chi connectivity index (χ1) is 11.9. The zero-order chi connectivity index (χ0) is 18.8. The normalized spacial score (nSPS) is 9.92. The van der Waals surface area contributed by atoms with Crippen molar-refractivity contribution in [2.24, 2.45) is 0 Å². The van der Waals surface area contributed by atoms with Gasteiger partial charge in [-0.2, -0.15) is 0 Å².